The van der Waals surface area contributed by atoms with Crippen LogP contribution in [0.1, 0.15) is 40.7 Å². The van der Waals surface area contributed by atoms with Gasteiger partial charge < -0.3 is 19.8 Å². The van der Waals surface area contributed by atoms with Gasteiger partial charge in [-0.25, -0.2) is 0 Å². The molecule has 2 heterocycles. The largest absolute Gasteiger partial charge is 0.430 e. The minimum Gasteiger partial charge on any atom is -0.371 e. The second-order valence-electron chi connectivity index (χ2n) is 10.9. The molecule has 4 rings (SSSR count). The van der Waals surface area contributed by atoms with Crippen LogP contribution in [0.4, 0.5) is 32.0 Å². The lowest BCUT2D eigenvalue weighted by atomic mass is 9.82. The fourth-order valence-electron chi connectivity index (χ4n) is 5.46. The standard InChI is InChI=1S/C28H30ClF6N3O3/c1-36(2)24(39)22-7-6-21(14-23(22)29)37-10-8-17(9-11-37)12-18-15-38(16-18)25(40)26(41,28(33,34)35)19-4-3-5-20(13-19)27(30,31)32/h3-7,13-14,17-18,41H,8-12,15-16H2,1-2H3. The Balaban J connectivity index is 1.34. The third-order valence-corrected chi connectivity index (χ3v) is 8.12. The molecule has 2 aliphatic rings. The Morgan fingerprint density at radius 2 is 1.56 bits per heavy atom. The highest BCUT2D eigenvalue weighted by Gasteiger charge is 2.63. The molecule has 0 aromatic heterocycles. The van der Waals surface area contributed by atoms with Crippen LogP contribution in [0.15, 0.2) is 42.5 Å². The molecule has 1 atom stereocenters. The summed E-state index contributed by atoms with van der Waals surface area (Å²) >= 11 is 6.33. The van der Waals surface area contributed by atoms with E-state index in [1.165, 1.54) is 4.90 Å². The maximum absolute atomic E-state index is 13.9. The average Bonchev–Trinajstić information content (AvgIpc) is 2.88. The molecule has 0 radical (unpaired) electrons. The van der Waals surface area contributed by atoms with Gasteiger partial charge in [-0.15, -0.1) is 0 Å². The van der Waals surface area contributed by atoms with E-state index in [1.54, 1.807) is 26.2 Å². The number of piperidine rings is 1. The molecular weight excluding hydrogens is 576 g/mol. The van der Waals surface area contributed by atoms with Crippen molar-refractivity contribution in [2.75, 3.05) is 45.2 Å². The Morgan fingerprint density at radius 3 is 2.10 bits per heavy atom. The van der Waals surface area contributed by atoms with E-state index in [2.05, 4.69) is 4.90 Å². The first-order chi connectivity index (χ1) is 19.0. The molecular formula is C28H30ClF6N3O3. The third kappa shape index (κ3) is 6.28. The van der Waals surface area contributed by atoms with Crippen molar-refractivity contribution in [1.82, 2.24) is 9.80 Å². The minimum absolute atomic E-state index is 0.0205. The molecule has 0 saturated carbocycles. The Kier molecular flexibility index (Phi) is 8.57. The molecule has 224 valence electrons. The number of anilines is 1. The lowest BCUT2D eigenvalue weighted by Crippen LogP contribution is -2.61. The summed E-state index contributed by atoms with van der Waals surface area (Å²) in [6.07, 6.45) is -8.19. The number of carbonyl (C=O) groups excluding carboxylic acids is 2. The smallest absolute Gasteiger partial charge is 0.371 e. The van der Waals surface area contributed by atoms with Gasteiger partial charge in [-0.05, 0) is 61.4 Å². The van der Waals surface area contributed by atoms with Gasteiger partial charge in [-0.3, -0.25) is 9.59 Å². The summed E-state index contributed by atoms with van der Waals surface area (Å²) in [4.78, 5) is 29.5. The van der Waals surface area contributed by atoms with Crippen molar-refractivity contribution >= 4 is 29.1 Å². The van der Waals surface area contributed by atoms with Crippen LogP contribution in [0.5, 0.6) is 0 Å². The van der Waals surface area contributed by atoms with E-state index >= 15 is 0 Å². The SMILES string of the molecule is CN(C)C(=O)c1ccc(N2CCC(CC3CN(C(=O)C(O)(c4cccc(C(F)(F)F)c4)C(F)(F)F)C3)CC2)cc1Cl. The summed E-state index contributed by atoms with van der Waals surface area (Å²) < 4.78 is 81.1. The number of alkyl halides is 6. The molecule has 0 bridgehead atoms. The van der Waals surface area contributed by atoms with E-state index in [0.29, 0.717) is 42.2 Å². The lowest BCUT2D eigenvalue weighted by Gasteiger charge is -2.45. The van der Waals surface area contributed by atoms with Crippen LogP contribution in [-0.2, 0) is 16.6 Å². The number of carbonyl (C=O) groups is 2. The number of benzene rings is 2. The van der Waals surface area contributed by atoms with Crippen LogP contribution in [0.2, 0.25) is 5.02 Å². The number of nitrogens with zero attached hydrogens (tertiary/aromatic N) is 3. The second-order valence-corrected chi connectivity index (χ2v) is 11.3. The van der Waals surface area contributed by atoms with Gasteiger partial charge in [0.15, 0.2) is 0 Å². The van der Waals surface area contributed by atoms with Crippen molar-refractivity contribution in [2.24, 2.45) is 11.8 Å². The Labute approximate surface area is 238 Å². The quantitative estimate of drug-likeness (QED) is 0.437. The fourth-order valence-corrected chi connectivity index (χ4v) is 5.71. The topological polar surface area (TPSA) is 64.1 Å². The zero-order chi connectivity index (χ0) is 30.3. The molecule has 6 nitrogen and oxygen atoms in total. The van der Waals surface area contributed by atoms with Crippen molar-refractivity contribution in [3.8, 4) is 0 Å². The molecule has 2 aliphatic heterocycles. The van der Waals surface area contributed by atoms with Crippen LogP contribution in [0.25, 0.3) is 0 Å². The van der Waals surface area contributed by atoms with Gasteiger partial charge in [0.25, 0.3) is 17.4 Å². The van der Waals surface area contributed by atoms with Gasteiger partial charge in [-0.1, -0.05) is 23.7 Å². The summed E-state index contributed by atoms with van der Waals surface area (Å²) in [6, 6.07) is 7.42. The van der Waals surface area contributed by atoms with Crippen molar-refractivity contribution < 1.29 is 41.0 Å². The van der Waals surface area contributed by atoms with Gasteiger partial charge in [0.2, 0.25) is 0 Å². The molecule has 2 amide bonds. The predicted molar refractivity (Wildman–Crippen MR) is 140 cm³/mol. The van der Waals surface area contributed by atoms with Gasteiger partial charge in [0, 0.05) is 51.5 Å². The number of amides is 2. The zero-order valence-corrected chi connectivity index (χ0v) is 23.2. The maximum atomic E-state index is 13.9. The minimum atomic E-state index is -5.52. The monoisotopic (exact) mass is 605 g/mol. The normalized spacial score (nSPS) is 18.6. The molecule has 13 heteroatoms. The maximum Gasteiger partial charge on any atom is 0.430 e. The highest BCUT2D eigenvalue weighted by Crippen LogP contribution is 2.44. The van der Waals surface area contributed by atoms with Crippen molar-refractivity contribution in [2.45, 2.75) is 37.2 Å². The Bertz CT molecular complexity index is 1290. The predicted octanol–water partition coefficient (Wildman–Crippen LogP) is 5.58. The number of aliphatic hydroxyl groups is 1. The molecule has 2 fully saturated rings. The Hall–Kier alpha value is -2.99. The van der Waals surface area contributed by atoms with Crippen LogP contribution in [0, 0.1) is 11.8 Å². The summed E-state index contributed by atoms with van der Waals surface area (Å²) in [7, 11) is 3.28. The molecule has 41 heavy (non-hydrogen) atoms. The van der Waals surface area contributed by atoms with E-state index < -0.39 is 35.0 Å². The first kappa shape index (κ1) is 31.0. The zero-order valence-electron chi connectivity index (χ0n) is 22.4. The van der Waals surface area contributed by atoms with Crippen molar-refractivity contribution in [3.63, 3.8) is 0 Å². The van der Waals surface area contributed by atoms with E-state index in [0.717, 1.165) is 29.5 Å². The number of hydrogen-bond acceptors (Lipinski definition) is 4. The molecule has 0 aliphatic carbocycles. The number of likely N-dealkylation sites (tertiary alicyclic amines) is 1. The molecule has 2 saturated heterocycles. The fraction of sp³-hybridized carbons (Fsp3) is 0.500. The van der Waals surface area contributed by atoms with E-state index in [1.807, 2.05) is 6.07 Å². The van der Waals surface area contributed by atoms with Crippen LogP contribution in [0.3, 0.4) is 0 Å². The van der Waals surface area contributed by atoms with E-state index in [9.17, 15) is 41.0 Å². The molecule has 2 aromatic carbocycles. The van der Waals surface area contributed by atoms with Crippen LogP contribution < -0.4 is 4.90 Å². The first-order valence-corrected chi connectivity index (χ1v) is 13.4. The highest BCUT2D eigenvalue weighted by molar-refractivity contribution is 6.34. The number of halogens is 7. The summed E-state index contributed by atoms with van der Waals surface area (Å²) in [5, 5.41) is 10.9. The summed E-state index contributed by atoms with van der Waals surface area (Å²) in [6.45, 7) is 1.38. The molecule has 1 N–H and O–H groups in total. The number of rotatable bonds is 6. The van der Waals surface area contributed by atoms with Gasteiger partial charge in [-0.2, -0.15) is 26.3 Å². The third-order valence-electron chi connectivity index (χ3n) is 7.81. The van der Waals surface area contributed by atoms with Crippen LogP contribution >= 0.6 is 11.6 Å². The number of hydrogen-bond donors (Lipinski definition) is 1. The Morgan fingerprint density at radius 1 is 0.951 bits per heavy atom. The van der Waals surface area contributed by atoms with Gasteiger partial charge >= 0.3 is 12.4 Å². The molecule has 0 spiro atoms. The van der Waals surface area contributed by atoms with Crippen molar-refractivity contribution in [1.29, 1.82) is 0 Å². The van der Waals surface area contributed by atoms with Gasteiger partial charge in [0.05, 0.1) is 16.1 Å². The summed E-state index contributed by atoms with van der Waals surface area (Å²) in [5.41, 5.74) is -5.35. The van der Waals surface area contributed by atoms with Crippen LogP contribution in [-0.4, -0.2) is 73.2 Å². The van der Waals surface area contributed by atoms with E-state index in [4.69, 9.17) is 11.6 Å². The molecule has 2 aromatic rings. The average molecular weight is 606 g/mol. The lowest BCUT2D eigenvalue weighted by molar-refractivity contribution is -0.264. The van der Waals surface area contributed by atoms with E-state index in [-0.39, 0.29) is 36.9 Å². The van der Waals surface area contributed by atoms with Gasteiger partial charge in [0.1, 0.15) is 0 Å². The van der Waals surface area contributed by atoms with Crippen molar-refractivity contribution in [3.05, 3.63) is 64.2 Å². The summed E-state index contributed by atoms with van der Waals surface area (Å²) in [5.74, 6) is -1.69. The second kappa shape index (κ2) is 11.4. The molecule has 1 unspecified atom stereocenters. The first-order valence-electron chi connectivity index (χ1n) is 13.0. The highest BCUT2D eigenvalue weighted by atomic mass is 35.5.